The highest BCUT2D eigenvalue weighted by Crippen LogP contribution is 2.51. The first kappa shape index (κ1) is 23.6. The van der Waals surface area contributed by atoms with Gasteiger partial charge in [-0.25, -0.2) is 0 Å². The van der Waals surface area contributed by atoms with E-state index in [0.717, 1.165) is 29.5 Å². The maximum Gasteiger partial charge on any atom is 0.233 e. The van der Waals surface area contributed by atoms with Crippen LogP contribution in [0.5, 0.6) is 5.75 Å². The summed E-state index contributed by atoms with van der Waals surface area (Å²) in [5.74, 6) is -0.0923. The van der Waals surface area contributed by atoms with Gasteiger partial charge in [0.2, 0.25) is 11.8 Å². The van der Waals surface area contributed by atoms with Gasteiger partial charge in [-0.05, 0) is 54.0 Å². The van der Waals surface area contributed by atoms with Gasteiger partial charge in [0.25, 0.3) is 0 Å². The molecule has 0 radical (unpaired) electrons. The quantitative estimate of drug-likeness (QED) is 0.352. The van der Waals surface area contributed by atoms with Gasteiger partial charge in [0.1, 0.15) is 5.75 Å². The molecular formula is C30H33NO4. The number of fused-ring (bicyclic) bond motifs is 3. The Bertz CT molecular complexity index is 1200. The van der Waals surface area contributed by atoms with Crippen LogP contribution in [0.1, 0.15) is 44.2 Å². The molecule has 2 fully saturated rings. The number of nitrogens with zero attached hydrogens (tertiary/aromatic N) is 1. The summed E-state index contributed by atoms with van der Waals surface area (Å²) < 4.78 is 6.35. The average Bonchev–Trinajstić information content (AvgIpc) is 3.37. The number of allylic oxidation sites excluding steroid dienone is 2. The number of benzene rings is 2. The first-order valence-electron chi connectivity index (χ1n) is 12.6. The third kappa shape index (κ3) is 4.23. The van der Waals surface area contributed by atoms with Gasteiger partial charge in [-0.2, -0.15) is 0 Å². The normalized spacial score (nSPS) is 26.5. The third-order valence-corrected chi connectivity index (χ3v) is 7.95. The van der Waals surface area contributed by atoms with Crippen molar-refractivity contribution in [3.05, 3.63) is 76.9 Å². The molecule has 2 aromatic carbocycles. The van der Waals surface area contributed by atoms with Gasteiger partial charge in [0, 0.05) is 18.5 Å². The van der Waals surface area contributed by atoms with Gasteiger partial charge in [0.15, 0.2) is 0 Å². The van der Waals surface area contributed by atoms with Crippen molar-refractivity contribution >= 4 is 23.5 Å². The number of para-hydroxylation sites is 1. The summed E-state index contributed by atoms with van der Waals surface area (Å²) in [6.07, 6.45) is 4.20. The van der Waals surface area contributed by atoms with Crippen molar-refractivity contribution in [2.75, 3.05) is 13.7 Å². The molecule has 4 atom stereocenters. The van der Waals surface area contributed by atoms with Gasteiger partial charge >= 0.3 is 0 Å². The number of phenolic OH excluding ortho intramolecular Hbond substituents is 1. The lowest BCUT2D eigenvalue weighted by atomic mass is 9.67. The van der Waals surface area contributed by atoms with Gasteiger partial charge < -0.3 is 9.84 Å². The topological polar surface area (TPSA) is 66.8 Å². The van der Waals surface area contributed by atoms with Crippen molar-refractivity contribution in [3.8, 4) is 5.75 Å². The van der Waals surface area contributed by atoms with Crippen LogP contribution in [0.15, 0.2) is 65.7 Å². The Morgan fingerprint density at radius 3 is 2.49 bits per heavy atom. The fourth-order valence-corrected chi connectivity index (χ4v) is 6.15. The zero-order chi connectivity index (χ0) is 24.7. The molecule has 35 heavy (non-hydrogen) atoms. The van der Waals surface area contributed by atoms with Crippen LogP contribution < -0.4 is 0 Å². The number of hydrogen-bond donors (Lipinski definition) is 1. The summed E-state index contributed by atoms with van der Waals surface area (Å²) in [7, 11) is 1.61. The monoisotopic (exact) mass is 471 g/mol. The number of imide groups is 1. The van der Waals surface area contributed by atoms with Crippen LogP contribution in [0.2, 0.25) is 0 Å². The molecule has 0 spiro atoms. The first-order chi connectivity index (χ1) is 16.9. The predicted molar refractivity (Wildman–Crippen MR) is 136 cm³/mol. The molecule has 182 valence electrons. The van der Waals surface area contributed by atoms with E-state index < -0.39 is 0 Å². The fourth-order valence-electron chi connectivity index (χ4n) is 6.15. The van der Waals surface area contributed by atoms with Crippen molar-refractivity contribution in [3.63, 3.8) is 0 Å². The number of carbonyl (C=O) groups excluding carboxylic acids is 2. The Balaban J connectivity index is 1.45. The van der Waals surface area contributed by atoms with Crippen molar-refractivity contribution in [2.45, 2.75) is 39.2 Å². The highest BCUT2D eigenvalue weighted by Gasteiger charge is 2.56. The number of likely N-dealkylation sites (tertiary alicyclic amines) is 1. The maximum absolute atomic E-state index is 13.0. The molecule has 1 N–H and O–H groups in total. The molecule has 0 aromatic heterocycles. The molecule has 5 heteroatoms. The Kier molecular flexibility index (Phi) is 6.37. The van der Waals surface area contributed by atoms with Crippen molar-refractivity contribution in [2.24, 2.45) is 23.7 Å². The van der Waals surface area contributed by atoms with E-state index in [-0.39, 0.29) is 41.4 Å². The lowest BCUT2D eigenvalue weighted by molar-refractivity contribution is -0.138. The Morgan fingerprint density at radius 1 is 1.06 bits per heavy atom. The second-order valence-corrected chi connectivity index (χ2v) is 10.3. The second-order valence-electron chi connectivity index (χ2n) is 10.3. The molecule has 2 aliphatic heterocycles. The first-order valence-corrected chi connectivity index (χ1v) is 12.6. The average molecular weight is 472 g/mol. The molecule has 0 saturated carbocycles. The van der Waals surface area contributed by atoms with E-state index >= 15 is 0 Å². The summed E-state index contributed by atoms with van der Waals surface area (Å²) in [5, 5.41) is 10.4. The van der Waals surface area contributed by atoms with Crippen LogP contribution in [-0.2, 0) is 14.3 Å². The zero-order valence-corrected chi connectivity index (χ0v) is 20.6. The number of aromatic hydroxyl groups is 1. The number of carbonyl (C=O) groups is 2. The minimum atomic E-state index is -0.291. The molecule has 5 nitrogen and oxygen atoms in total. The van der Waals surface area contributed by atoms with E-state index in [1.807, 2.05) is 36.4 Å². The van der Waals surface area contributed by atoms with Crippen LogP contribution in [0.3, 0.4) is 0 Å². The van der Waals surface area contributed by atoms with E-state index in [1.54, 1.807) is 13.1 Å². The molecule has 2 saturated heterocycles. The largest absolute Gasteiger partial charge is 0.507 e. The highest BCUT2D eigenvalue weighted by molar-refractivity contribution is 6.05. The summed E-state index contributed by atoms with van der Waals surface area (Å²) in [6, 6.07) is 17.6. The van der Waals surface area contributed by atoms with Crippen LogP contribution >= 0.6 is 0 Å². The predicted octanol–water partition coefficient (Wildman–Crippen LogP) is 5.32. The minimum Gasteiger partial charge on any atom is -0.507 e. The van der Waals surface area contributed by atoms with Crippen LogP contribution in [0, 0.1) is 23.7 Å². The smallest absolute Gasteiger partial charge is 0.233 e. The summed E-state index contributed by atoms with van der Waals surface area (Å²) in [4.78, 5) is 27.1. The molecule has 5 rings (SSSR count). The molecule has 0 bridgehead atoms. The SMILES string of the molecule is CC(C)C1=C2[C@@H](CC/C(=C/c3ccccc3O)c3ccccc3)OC[C@@H]2[C@@H]2C(=O)N(C)C(=O)[C@@H]2C1. The van der Waals surface area contributed by atoms with Crippen molar-refractivity contribution in [1.82, 2.24) is 4.90 Å². The number of amides is 2. The Labute approximate surface area is 207 Å². The summed E-state index contributed by atoms with van der Waals surface area (Å²) >= 11 is 0. The lowest BCUT2D eigenvalue weighted by Crippen LogP contribution is -2.34. The van der Waals surface area contributed by atoms with Gasteiger partial charge in [-0.1, -0.05) is 68.0 Å². The Hall–Kier alpha value is -3.18. The van der Waals surface area contributed by atoms with Gasteiger partial charge in [-0.15, -0.1) is 0 Å². The highest BCUT2D eigenvalue weighted by atomic mass is 16.5. The number of phenols is 1. The maximum atomic E-state index is 13.0. The van der Waals surface area contributed by atoms with E-state index in [4.69, 9.17) is 4.74 Å². The van der Waals surface area contributed by atoms with Crippen molar-refractivity contribution in [1.29, 1.82) is 0 Å². The van der Waals surface area contributed by atoms with Gasteiger partial charge in [0.05, 0.1) is 24.5 Å². The second kappa shape index (κ2) is 9.46. The fraction of sp³-hybridized carbons (Fsp3) is 0.400. The number of rotatable bonds is 6. The van der Waals surface area contributed by atoms with Crippen LogP contribution in [0.25, 0.3) is 11.6 Å². The number of hydrogen-bond acceptors (Lipinski definition) is 4. The lowest BCUT2D eigenvalue weighted by Gasteiger charge is -2.33. The summed E-state index contributed by atoms with van der Waals surface area (Å²) in [5.41, 5.74) is 5.59. The zero-order valence-electron chi connectivity index (χ0n) is 20.6. The van der Waals surface area contributed by atoms with E-state index in [2.05, 4.69) is 32.1 Å². The van der Waals surface area contributed by atoms with Crippen molar-refractivity contribution < 1.29 is 19.4 Å². The molecular weight excluding hydrogens is 438 g/mol. The number of ether oxygens (including phenoxy) is 1. The Morgan fingerprint density at radius 2 is 1.77 bits per heavy atom. The van der Waals surface area contributed by atoms with E-state index in [9.17, 15) is 14.7 Å². The minimum absolute atomic E-state index is 0.0140. The summed E-state index contributed by atoms with van der Waals surface area (Å²) in [6.45, 7) is 4.84. The van der Waals surface area contributed by atoms with E-state index in [0.29, 0.717) is 18.9 Å². The standard InChI is InChI=1S/C30H33NO4/c1-18(2)22-16-23-28(30(34)31(3)29(23)33)24-17-35-26(27(22)24)14-13-20(19-9-5-4-6-10-19)15-21-11-7-8-12-25(21)32/h4-12,15,18,23-24,26,28,32H,13-14,16-17H2,1-3H3/b20-15-/t23-,24+,26-,28-/m1/s1. The van der Waals surface area contributed by atoms with Crippen LogP contribution in [-0.4, -0.2) is 41.6 Å². The molecule has 2 aromatic rings. The third-order valence-electron chi connectivity index (χ3n) is 7.95. The van der Waals surface area contributed by atoms with Gasteiger partial charge in [-0.3, -0.25) is 14.5 Å². The molecule has 1 aliphatic carbocycles. The van der Waals surface area contributed by atoms with E-state index in [1.165, 1.54) is 16.0 Å². The molecule has 2 heterocycles. The van der Waals surface area contributed by atoms with Crippen LogP contribution in [0.4, 0.5) is 0 Å². The molecule has 0 unspecified atom stereocenters. The molecule has 2 amide bonds. The molecule has 3 aliphatic rings.